The van der Waals surface area contributed by atoms with Crippen LogP contribution in [0.5, 0.6) is 0 Å². The molecular formula is C27H30FN9O. The summed E-state index contributed by atoms with van der Waals surface area (Å²) in [5.74, 6) is 2.09. The molecule has 0 spiro atoms. The summed E-state index contributed by atoms with van der Waals surface area (Å²) in [7, 11) is 2.12. The van der Waals surface area contributed by atoms with Crippen molar-refractivity contribution in [2.75, 3.05) is 54.1 Å². The van der Waals surface area contributed by atoms with Crippen LogP contribution in [-0.4, -0.2) is 64.2 Å². The van der Waals surface area contributed by atoms with Gasteiger partial charge in [0.15, 0.2) is 5.82 Å². The second-order valence-corrected chi connectivity index (χ2v) is 9.34. The molecule has 0 bridgehead atoms. The largest absolute Gasteiger partial charge is 0.354 e. The van der Waals surface area contributed by atoms with Gasteiger partial charge >= 0.3 is 0 Å². The van der Waals surface area contributed by atoms with E-state index in [4.69, 9.17) is 4.98 Å². The molecule has 196 valence electrons. The Hall–Kier alpha value is -4.51. The number of likely N-dealkylation sites (N-methyl/N-ethyl adjacent to an activating group) is 1. The van der Waals surface area contributed by atoms with E-state index in [1.165, 1.54) is 24.3 Å². The Balaban J connectivity index is 1.28. The third-order valence-electron chi connectivity index (χ3n) is 6.20. The monoisotopic (exact) mass is 515 g/mol. The number of aromatic nitrogens is 4. The Morgan fingerprint density at radius 1 is 0.921 bits per heavy atom. The van der Waals surface area contributed by atoms with Crippen LogP contribution in [0.4, 0.5) is 39.2 Å². The lowest BCUT2D eigenvalue weighted by Crippen LogP contribution is -2.44. The van der Waals surface area contributed by atoms with Gasteiger partial charge in [-0.15, -0.1) is 0 Å². The van der Waals surface area contributed by atoms with E-state index in [2.05, 4.69) is 48.0 Å². The number of anilines is 6. The van der Waals surface area contributed by atoms with Crippen molar-refractivity contribution in [2.24, 2.45) is 0 Å². The van der Waals surface area contributed by atoms with Crippen LogP contribution < -0.4 is 20.9 Å². The first-order valence-electron chi connectivity index (χ1n) is 12.4. The number of rotatable bonds is 8. The lowest BCUT2D eigenvalue weighted by atomic mass is 10.1. The van der Waals surface area contributed by atoms with Crippen molar-refractivity contribution < 1.29 is 9.18 Å². The second-order valence-electron chi connectivity index (χ2n) is 9.34. The minimum atomic E-state index is -0.344. The van der Waals surface area contributed by atoms with Crippen LogP contribution in [0.2, 0.25) is 0 Å². The Morgan fingerprint density at radius 3 is 2.32 bits per heavy atom. The third kappa shape index (κ3) is 6.62. The zero-order valence-electron chi connectivity index (χ0n) is 21.3. The van der Waals surface area contributed by atoms with E-state index in [9.17, 15) is 9.18 Å². The number of aromatic amines is 1. The molecule has 1 amide bonds. The number of piperazine rings is 1. The van der Waals surface area contributed by atoms with Crippen molar-refractivity contribution in [2.45, 2.75) is 13.3 Å². The summed E-state index contributed by atoms with van der Waals surface area (Å²) in [5.41, 5.74) is 3.15. The van der Waals surface area contributed by atoms with E-state index in [-0.39, 0.29) is 18.1 Å². The average molecular weight is 516 g/mol. The fourth-order valence-electron chi connectivity index (χ4n) is 4.12. The van der Waals surface area contributed by atoms with Crippen LogP contribution in [0, 0.1) is 12.7 Å². The average Bonchev–Trinajstić information content (AvgIpc) is 3.31. The number of benzene rings is 2. The summed E-state index contributed by atoms with van der Waals surface area (Å²) >= 11 is 0. The first-order valence-corrected chi connectivity index (χ1v) is 12.4. The number of hydrogen-bond acceptors (Lipinski definition) is 8. The predicted molar refractivity (Wildman–Crippen MR) is 147 cm³/mol. The van der Waals surface area contributed by atoms with E-state index in [0.29, 0.717) is 23.3 Å². The maximum atomic E-state index is 13.1. The topological polar surface area (TPSA) is 114 Å². The molecular weight excluding hydrogens is 485 g/mol. The van der Waals surface area contributed by atoms with Gasteiger partial charge in [0.1, 0.15) is 17.5 Å². The van der Waals surface area contributed by atoms with Gasteiger partial charge in [0.25, 0.3) is 0 Å². The summed E-state index contributed by atoms with van der Waals surface area (Å²) in [6, 6.07) is 17.1. The highest BCUT2D eigenvalue weighted by molar-refractivity contribution is 5.92. The first-order chi connectivity index (χ1) is 18.4. The minimum absolute atomic E-state index is 0.176. The van der Waals surface area contributed by atoms with Crippen LogP contribution >= 0.6 is 0 Å². The Kier molecular flexibility index (Phi) is 7.45. The van der Waals surface area contributed by atoms with E-state index >= 15 is 0 Å². The minimum Gasteiger partial charge on any atom is -0.354 e. The Labute approximate surface area is 220 Å². The van der Waals surface area contributed by atoms with E-state index in [1.807, 2.05) is 43.3 Å². The Bertz CT molecular complexity index is 1380. The summed E-state index contributed by atoms with van der Waals surface area (Å²) in [6.07, 6.45) is 0.199. The van der Waals surface area contributed by atoms with Gasteiger partial charge in [-0.05, 0) is 55.9 Å². The van der Waals surface area contributed by atoms with Crippen LogP contribution in [0.15, 0.2) is 60.7 Å². The molecule has 2 aromatic carbocycles. The van der Waals surface area contributed by atoms with Gasteiger partial charge in [-0.2, -0.15) is 15.1 Å². The van der Waals surface area contributed by atoms with Gasteiger partial charge in [0, 0.05) is 55.4 Å². The van der Waals surface area contributed by atoms with Gasteiger partial charge < -0.3 is 25.8 Å². The zero-order valence-corrected chi connectivity index (χ0v) is 21.3. The predicted octanol–water partition coefficient (Wildman–Crippen LogP) is 4.07. The first kappa shape index (κ1) is 25.2. The number of hydrogen-bond donors (Lipinski definition) is 4. The summed E-state index contributed by atoms with van der Waals surface area (Å²) in [6.45, 7) is 5.62. The van der Waals surface area contributed by atoms with Crippen molar-refractivity contribution in [1.82, 2.24) is 25.1 Å². The van der Waals surface area contributed by atoms with Crippen molar-refractivity contribution in [3.8, 4) is 0 Å². The van der Waals surface area contributed by atoms with Gasteiger partial charge in [-0.1, -0.05) is 12.1 Å². The Morgan fingerprint density at radius 2 is 1.63 bits per heavy atom. The second kappa shape index (κ2) is 11.3. The zero-order chi connectivity index (χ0) is 26.5. The molecule has 1 aliphatic rings. The molecule has 0 radical (unpaired) electrons. The van der Waals surface area contributed by atoms with Crippen molar-refractivity contribution in [1.29, 1.82) is 0 Å². The summed E-state index contributed by atoms with van der Waals surface area (Å²) in [5, 5.41) is 16.5. The molecule has 1 aliphatic heterocycles. The lowest BCUT2D eigenvalue weighted by molar-refractivity contribution is -0.115. The van der Waals surface area contributed by atoms with Gasteiger partial charge in [-0.25, -0.2) is 4.39 Å². The van der Waals surface area contributed by atoms with Gasteiger partial charge in [0.05, 0.1) is 6.42 Å². The molecule has 4 N–H and O–H groups in total. The number of halogens is 1. The molecule has 0 aliphatic carbocycles. The summed E-state index contributed by atoms with van der Waals surface area (Å²) in [4.78, 5) is 26.3. The highest BCUT2D eigenvalue weighted by atomic mass is 19.1. The molecule has 11 heteroatoms. The molecule has 0 unspecified atom stereocenters. The number of carbonyl (C=O) groups is 1. The third-order valence-corrected chi connectivity index (χ3v) is 6.20. The molecule has 10 nitrogen and oxygen atoms in total. The van der Waals surface area contributed by atoms with E-state index in [1.54, 1.807) is 0 Å². The van der Waals surface area contributed by atoms with Crippen LogP contribution in [-0.2, 0) is 11.2 Å². The number of amides is 1. The molecule has 2 aromatic heterocycles. The normalized spacial score (nSPS) is 13.8. The molecule has 3 heterocycles. The molecule has 1 fully saturated rings. The van der Waals surface area contributed by atoms with Crippen LogP contribution in [0.25, 0.3) is 0 Å². The number of aryl methyl sites for hydroxylation is 1. The van der Waals surface area contributed by atoms with Crippen LogP contribution in [0.3, 0.4) is 0 Å². The fraction of sp³-hybridized carbons (Fsp3) is 0.259. The lowest BCUT2D eigenvalue weighted by Gasteiger charge is -2.33. The molecule has 1 saturated heterocycles. The fourth-order valence-corrected chi connectivity index (χ4v) is 4.12. The summed E-state index contributed by atoms with van der Waals surface area (Å²) < 4.78 is 13.1. The van der Waals surface area contributed by atoms with Gasteiger partial charge in [0.2, 0.25) is 11.9 Å². The smallest absolute Gasteiger partial charge is 0.231 e. The van der Waals surface area contributed by atoms with Crippen molar-refractivity contribution >= 4 is 40.7 Å². The number of nitrogens with one attached hydrogen (secondary N) is 4. The van der Waals surface area contributed by atoms with E-state index in [0.717, 1.165) is 48.9 Å². The maximum Gasteiger partial charge on any atom is 0.231 e. The van der Waals surface area contributed by atoms with Crippen molar-refractivity contribution in [3.63, 3.8) is 0 Å². The number of H-pyrrole nitrogens is 1. The number of carbonyl (C=O) groups excluding carboxylic acids is 1. The molecule has 38 heavy (non-hydrogen) atoms. The molecule has 4 aromatic rings. The molecule has 0 atom stereocenters. The van der Waals surface area contributed by atoms with Crippen molar-refractivity contribution in [3.05, 3.63) is 77.7 Å². The SMILES string of the molecule is Cc1cc(Nc2cc(N3CCN(C)CC3)nc(Nc3ccc(CC(=O)Nc4ccc(F)cc4)cc3)n2)n[nH]1. The highest BCUT2D eigenvalue weighted by Crippen LogP contribution is 2.24. The van der Waals surface area contributed by atoms with E-state index < -0.39 is 0 Å². The maximum absolute atomic E-state index is 13.1. The standard InChI is InChI=1S/C27H30FN9O/c1-18-15-24(35-34-18)31-23-17-25(37-13-11-36(2)12-14-37)33-27(32-23)30-22-7-3-19(4-8-22)16-26(38)29-21-9-5-20(28)6-10-21/h3-10,15,17H,11-14,16H2,1-2H3,(H,29,38)(H3,30,31,32,33,34,35). The quantitative estimate of drug-likeness (QED) is 0.278. The number of nitrogens with zero attached hydrogens (tertiary/aromatic N) is 5. The molecule has 0 saturated carbocycles. The molecule has 5 rings (SSSR count). The van der Waals surface area contributed by atoms with Gasteiger partial charge in [-0.3, -0.25) is 9.89 Å². The highest BCUT2D eigenvalue weighted by Gasteiger charge is 2.18. The van der Waals surface area contributed by atoms with Crippen LogP contribution in [0.1, 0.15) is 11.3 Å².